The van der Waals surface area contributed by atoms with Gasteiger partial charge in [-0.2, -0.15) is 0 Å². The van der Waals surface area contributed by atoms with E-state index in [0.717, 1.165) is 12.8 Å². The number of carbonyl (C=O) groups is 2. The molecule has 0 bridgehead atoms. The average molecular weight is 310 g/mol. The molecule has 1 rings (SSSR count). The summed E-state index contributed by atoms with van der Waals surface area (Å²) in [6.07, 6.45) is 12.1. The molecule has 4 nitrogen and oxygen atoms in total. The molecule has 0 aliphatic carbocycles. The molecule has 0 radical (unpaired) electrons. The molecule has 0 spiro atoms. The van der Waals surface area contributed by atoms with Crippen molar-refractivity contribution in [1.29, 1.82) is 0 Å². The molecule has 1 aliphatic heterocycles. The van der Waals surface area contributed by atoms with Crippen LogP contribution in [0.3, 0.4) is 0 Å². The minimum absolute atomic E-state index is 0.110. The van der Waals surface area contributed by atoms with Gasteiger partial charge in [0.2, 0.25) is 0 Å². The summed E-state index contributed by atoms with van der Waals surface area (Å²) in [5.74, 6) is -0.253. The summed E-state index contributed by atoms with van der Waals surface area (Å²) in [6, 6.07) is 0. The zero-order valence-electron chi connectivity index (χ0n) is 13.8. The third-order valence-electron chi connectivity index (χ3n) is 3.99. The molecule has 0 aromatic carbocycles. The highest BCUT2D eigenvalue weighted by atomic mass is 16.5. The van der Waals surface area contributed by atoms with Crippen LogP contribution in [0.4, 0.5) is 0 Å². The van der Waals surface area contributed by atoms with Gasteiger partial charge in [-0.25, -0.2) is 4.79 Å². The largest absolute Gasteiger partial charge is 0.459 e. The van der Waals surface area contributed by atoms with E-state index in [1.807, 2.05) is 0 Å². The van der Waals surface area contributed by atoms with Crippen molar-refractivity contribution in [3.05, 3.63) is 12.2 Å². The Morgan fingerprint density at radius 2 is 1.95 bits per heavy atom. The number of carbonyl (C=O) groups excluding carboxylic acids is 2. The molecule has 0 fully saturated rings. The first-order valence-corrected chi connectivity index (χ1v) is 8.68. The lowest BCUT2D eigenvalue weighted by Gasteiger charge is -2.21. The summed E-state index contributed by atoms with van der Waals surface area (Å²) in [5.41, 5.74) is 0. The summed E-state index contributed by atoms with van der Waals surface area (Å²) >= 11 is 0. The van der Waals surface area contributed by atoms with Gasteiger partial charge in [-0.05, 0) is 6.42 Å². The van der Waals surface area contributed by atoms with Gasteiger partial charge in [0, 0.05) is 31.8 Å². The summed E-state index contributed by atoms with van der Waals surface area (Å²) in [7, 11) is 0. The van der Waals surface area contributed by atoms with Gasteiger partial charge >= 0.3 is 5.97 Å². The van der Waals surface area contributed by atoms with Crippen LogP contribution in [0, 0.1) is 0 Å². The smallest absolute Gasteiger partial charge is 0.330 e. The molecular formula is C18H30O4. The van der Waals surface area contributed by atoms with Crippen LogP contribution in [0.5, 0.6) is 0 Å². The summed E-state index contributed by atoms with van der Waals surface area (Å²) in [6.45, 7) is 2.20. The molecule has 2 atom stereocenters. The first kappa shape index (κ1) is 18.9. The number of aliphatic hydroxyl groups is 1. The molecule has 0 saturated heterocycles. The molecule has 0 unspecified atom stereocenters. The van der Waals surface area contributed by atoms with Crippen LogP contribution in [-0.2, 0) is 14.3 Å². The quantitative estimate of drug-likeness (QED) is 0.441. The molecule has 0 aromatic heterocycles. The van der Waals surface area contributed by atoms with Crippen molar-refractivity contribution in [2.75, 3.05) is 0 Å². The van der Waals surface area contributed by atoms with Gasteiger partial charge < -0.3 is 9.84 Å². The number of cyclic esters (lactones) is 1. The van der Waals surface area contributed by atoms with E-state index in [9.17, 15) is 14.7 Å². The highest BCUT2D eigenvalue weighted by Gasteiger charge is 2.21. The van der Waals surface area contributed by atoms with E-state index in [1.165, 1.54) is 38.2 Å². The van der Waals surface area contributed by atoms with Crippen LogP contribution >= 0.6 is 0 Å². The molecule has 22 heavy (non-hydrogen) atoms. The third kappa shape index (κ3) is 8.98. The standard InChI is InChI=1S/C18H30O4/c1-2-3-4-5-6-7-8-10-15(19)13-16(20)14-17-11-9-12-18(21)22-17/h9,12,16-17,20H,2-8,10-11,13-14H2,1H3/t16-,17+/m1/s1. The van der Waals surface area contributed by atoms with Gasteiger partial charge in [0.05, 0.1) is 6.10 Å². The van der Waals surface area contributed by atoms with E-state index in [-0.39, 0.29) is 24.3 Å². The van der Waals surface area contributed by atoms with Crippen LogP contribution in [-0.4, -0.2) is 29.1 Å². The Morgan fingerprint density at radius 3 is 2.64 bits per heavy atom. The van der Waals surface area contributed by atoms with E-state index in [1.54, 1.807) is 6.08 Å². The minimum Gasteiger partial charge on any atom is -0.459 e. The van der Waals surface area contributed by atoms with Crippen molar-refractivity contribution in [2.24, 2.45) is 0 Å². The lowest BCUT2D eigenvalue weighted by atomic mass is 10.00. The number of hydrogen-bond donors (Lipinski definition) is 1. The predicted octanol–water partition coefficient (Wildman–Crippen LogP) is 3.71. The monoisotopic (exact) mass is 310 g/mol. The Balaban J connectivity index is 2.04. The van der Waals surface area contributed by atoms with Gasteiger partial charge in [0.15, 0.2) is 0 Å². The summed E-state index contributed by atoms with van der Waals surface area (Å²) in [4.78, 5) is 22.9. The average Bonchev–Trinajstić information content (AvgIpc) is 2.46. The Kier molecular flexibility index (Phi) is 9.80. The minimum atomic E-state index is -0.707. The van der Waals surface area contributed by atoms with E-state index in [2.05, 4.69) is 6.92 Å². The zero-order valence-corrected chi connectivity index (χ0v) is 13.8. The van der Waals surface area contributed by atoms with Crippen LogP contribution < -0.4 is 0 Å². The number of unbranched alkanes of at least 4 members (excludes halogenated alkanes) is 6. The van der Waals surface area contributed by atoms with Crippen molar-refractivity contribution in [1.82, 2.24) is 0 Å². The number of aliphatic hydroxyl groups excluding tert-OH is 1. The predicted molar refractivity (Wildman–Crippen MR) is 86.5 cm³/mol. The van der Waals surface area contributed by atoms with Gasteiger partial charge in [-0.1, -0.05) is 51.5 Å². The molecule has 1 N–H and O–H groups in total. The fraction of sp³-hybridized carbons (Fsp3) is 0.778. The maximum atomic E-state index is 11.8. The summed E-state index contributed by atoms with van der Waals surface area (Å²) < 4.78 is 5.09. The van der Waals surface area contributed by atoms with Gasteiger partial charge in [-0.3, -0.25) is 4.79 Å². The lowest BCUT2D eigenvalue weighted by Crippen LogP contribution is -2.26. The maximum absolute atomic E-state index is 11.8. The topological polar surface area (TPSA) is 63.6 Å². The number of rotatable bonds is 12. The van der Waals surface area contributed by atoms with E-state index in [0.29, 0.717) is 19.3 Å². The SMILES string of the molecule is CCCCCCCCCC(=O)C[C@@H](O)C[C@@H]1CC=CC(=O)O1. The second-order valence-corrected chi connectivity index (χ2v) is 6.20. The second-order valence-electron chi connectivity index (χ2n) is 6.20. The van der Waals surface area contributed by atoms with Crippen molar-refractivity contribution in [3.63, 3.8) is 0 Å². The number of ketones is 1. The Labute approximate surface area is 133 Å². The normalized spacial score (nSPS) is 19.0. The van der Waals surface area contributed by atoms with Crippen molar-refractivity contribution in [2.45, 2.75) is 89.8 Å². The maximum Gasteiger partial charge on any atom is 0.330 e. The van der Waals surface area contributed by atoms with Crippen LogP contribution in [0.15, 0.2) is 12.2 Å². The van der Waals surface area contributed by atoms with E-state index < -0.39 is 6.10 Å². The number of Topliss-reactive ketones (excluding diaryl/α,β-unsaturated/α-hetero) is 1. The fourth-order valence-electron chi connectivity index (χ4n) is 2.74. The molecule has 0 saturated carbocycles. The van der Waals surface area contributed by atoms with Crippen LogP contribution in [0.1, 0.15) is 77.6 Å². The fourth-order valence-corrected chi connectivity index (χ4v) is 2.74. The van der Waals surface area contributed by atoms with E-state index in [4.69, 9.17) is 4.74 Å². The van der Waals surface area contributed by atoms with Gasteiger partial charge in [0.25, 0.3) is 0 Å². The first-order valence-electron chi connectivity index (χ1n) is 8.68. The molecule has 126 valence electrons. The molecule has 4 heteroatoms. The Hall–Kier alpha value is -1.16. The molecule has 0 amide bonds. The van der Waals surface area contributed by atoms with Crippen molar-refractivity contribution in [3.8, 4) is 0 Å². The molecule has 1 aliphatic rings. The Bertz CT molecular complexity index is 362. The second kappa shape index (κ2) is 11.4. The van der Waals surface area contributed by atoms with Crippen molar-refractivity contribution < 1.29 is 19.4 Å². The van der Waals surface area contributed by atoms with Crippen LogP contribution in [0.25, 0.3) is 0 Å². The third-order valence-corrected chi connectivity index (χ3v) is 3.99. The number of hydrogen-bond acceptors (Lipinski definition) is 4. The highest BCUT2D eigenvalue weighted by molar-refractivity contribution is 5.82. The Morgan fingerprint density at radius 1 is 1.27 bits per heavy atom. The van der Waals surface area contributed by atoms with Gasteiger partial charge in [-0.15, -0.1) is 0 Å². The van der Waals surface area contributed by atoms with Crippen molar-refractivity contribution >= 4 is 11.8 Å². The zero-order chi connectivity index (χ0) is 16.2. The first-order chi connectivity index (χ1) is 10.6. The number of esters is 1. The molecule has 0 aromatic rings. The lowest BCUT2D eigenvalue weighted by molar-refractivity contribution is -0.145. The van der Waals surface area contributed by atoms with E-state index >= 15 is 0 Å². The molecular weight excluding hydrogens is 280 g/mol. The van der Waals surface area contributed by atoms with Gasteiger partial charge in [0.1, 0.15) is 11.9 Å². The number of ether oxygens (including phenoxy) is 1. The van der Waals surface area contributed by atoms with Crippen LogP contribution in [0.2, 0.25) is 0 Å². The summed E-state index contributed by atoms with van der Waals surface area (Å²) in [5, 5.41) is 9.92. The molecule has 1 heterocycles. The highest BCUT2D eigenvalue weighted by Crippen LogP contribution is 2.16.